The van der Waals surface area contributed by atoms with Gasteiger partial charge in [-0.05, 0) is 43.9 Å². The highest BCUT2D eigenvalue weighted by molar-refractivity contribution is 6.21. The summed E-state index contributed by atoms with van der Waals surface area (Å²) in [4.78, 5) is 37.9. The molecule has 3 amide bonds. The molecule has 0 saturated carbocycles. The van der Waals surface area contributed by atoms with E-state index >= 15 is 0 Å². The maximum atomic E-state index is 12.3. The largest absolute Gasteiger partial charge is 0.354 e. The Kier molecular flexibility index (Phi) is 6.01. The van der Waals surface area contributed by atoms with E-state index < -0.39 is 0 Å². The third-order valence-electron chi connectivity index (χ3n) is 4.78. The summed E-state index contributed by atoms with van der Waals surface area (Å²) in [6.07, 6.45) is 2.54. The van der Waals surface area contributed by atoms with Crippen LogP contribution in [0.5, 0.6) is 0 Å². The number of hydrogen-bond donors (Lipinski definition) is 1. The lowest BCUT2D eigenvalue weighted by Crippen LogP contribution is -2.34. The Morgan fingerprint density at radius 1 is 0.963 bits per heavy atom. The molecule has 1 aliphatic heterocycles. The zero-order valence-electron chi connectivity index (χ0n) is 15.5. The molecule has 5 heteroatoms. The topological polar surface area (TPSA) is 66.5 Å². The maximum absolute atomic E-state index is 12.3. The van der Waals surface area contributed by atoms with Crippen molar-refractivity contribution in [2.75, 3.05) is 6.54 Å². The number of carbonyl (C=O) groups excluding carboxylic acids is 3. The molecule has 0 saturated heterocycles. The molecule has 1 N–H and O–H groups in total. The Balaban J connectivity index is 1.40. The van der Waals surface area contributed by atoms with Gasteiger partial charge >= 0.3 is 0 Å². The van der Waals surface area contributed by atoms with Crippen molar-refractivity contribution in [2.24, 2.45) is 0 Å². The molecule has 5 nitrogen and oxygen atoms in total. The molecule has 2 aromatic rings. The summed E-state index contributed by atoms with van der Waals surface area (Å²) in [6.45, 7) is 2.25. The second-order valence-electron chi connectivity index (χ2n) is 6.90. The molecule has 3 rings (SSSR count). The van der Waals surface area contributed by atoms with E-state index in [1.54, 1.807) is 24.3 Å². The van der Waals surface area contributed by atoms with E-state index in [1.807, 2.05) is 25.1 Å². The van der Waals surface area contributed by atoms with Crippen molar-refractivity contribution in [3.63, 3.8) is 0 Å². The Morgan fingerprint density at radius 2 is 1.56 bits per heavy atom. The molecule has 1 aliphatic rings. The molecule has 27 heavy (non-hydrogen) atoms. The van der Waals surface area contributed by atoms with Crippen LogP contribution in [-0.2, 0) is 11.2 Å². The Labute approximate surface area is 159 Å². The van der Waals surface area contributed by atoms with Gasteiger partial charge in [0.2, 0.25) is 5.91 Å². The average Bonchev–Trinajstić information content (AvgIpc) is 2.92. The van der Waals surface area contributed by atoms with Gasteiger partial charge in [-0.2, -0.15) is 0 Å². The number of fused-ring (bicyclic) bond motifs is 1. The van der Waals surface area contributed by atoms with Gasteiger partial charge < -0.3 is 5.32 Å². The van der Waals surface area contributed by atoms with Crippen molar-refractivity contribution in [1.82, 2.24) is 10.2 Å². The second kappa shape index (κ2) is 8.62. The number of aryl methyl sites for hydroxylation is 1. The molecule has 0 aliphatic carbocycles. The number of benzene rings is 2. The van der Waals surface area contributed by atoms with Gasteiger partial charge in [-0.1, -0.05) is 42.5 Å². The van der Waals surface area contributed by atoms with E-state index in [9.17, 15) is 14.4 Å². The van der Waals surface area contributed by atoms with Crippen LogP contribution in [0, 0.1) is 0 Å². The molecule has 0 spiro atoms. The van der Waals surface area contributed by atoms with Crippen molar-refractivity contribution in [3.8, 4) is 0 Å². The van der Waals surface area contributed by atoms with E-state index in [1.165, 1.54) is 10.5 Å². The van der Waals surface area contributed by atoms with Crippen LogP contribution in [0.15, 0.2) is 54.6 Å². The maximum Gasteiger partial charge on any atom is 0.261 e. The molecular formula is C22H24N2O3. The Morgan fingerprint density at radius 3 is 2.19 bits per heavy atom. The zero-order valence-corrected chi connectivity index (χ0v) is 15.5. The summed E-state index contributed by atoms with van der Waals surface area (Å²) in [5, 5.41) is 2.99. The summed E-state index contributed by atoms with van der Waals surface area (Å²) < 4.78 is 0. The fraction of sp³-hybridized carbons (Fsp3) is 0.318. The molecule has 0 aromatic heterocycles. The van der Waals surface area contributed by atoms with Gasteiger partial charge in [-0.3, -0.25) is 19.3 Å². The lowest BCUT2D eigenvalue weighted by Gasteiger charge is -2.16. The smallest absolute Gasteiger partial charge is 0.261 e. The third-order valence-corrected chi connectivity index (χ3v) is 4.78. The number of nitrogens with zero attached hydrogens (tertiary/aromatic N) is 1. The van der Waals surface area contributed by atoms with Crippen LogP contribution in [0.2, 0.25) is 0 Å². The predicted molar refractivity (Wildman–Crippen MR) is 103 cm³/mol. The van der Waals surface area contributed by atoms with Crippen LogP contribution in [0.1, 0.15) is 52.5 Å². The average molecular weight is 364 g/mol. The number of rotatable bonds is 8. The van der Waals surface area contributed by atoms with Gasteiger partial charge in [0.25, 0.3) is 11.8 Å². The fourth-order valence-corrected chi connectivity index (χ4v) is 3.29. The van der Waals surface area contributed by atoms with Crippen LogP contribution < -0.4 is 5.32 Å². The predicted octanol–water partition coefficient (Wildman–Crippen LogP) is 3.20. The molecule has 1 atom stereocenters. The van der Waals surface area contributed by atoms with E-state index in [0.29, 0.717) is 24.0 Å². The fourth-order valence-electron chi connectivity index (χ4n) is 3.29. The van der Waals surface area contributed by atoms with Gasteiger partial charge in [0.05, 0.1) is 11.1 Å². The van der Waals surface area contributed by atoms with E-state index in [4.69, 9.17) is 0 Å². The Bertz CT molecular complexity index is 797. The molecule has 0 bridgehead atoms. The molecule has 1 heterocycles. The first-order valence-corrected chi connectivity index (χ1v) is 9.35. The molecule has 0 fully saturated rings. The SMILES string of the molecule is CC(CCc1ccccc1)NC(=O)CCCN1C(=O)c2ccccc2C1=O. The summed E-state index contributed by atoms with van der Waals surface area (Å²) in [5.74, 6) is -0.591. The number of hydrogen-bond acceptors (Lipinski definition) is 3. The quantitative estimate of drug-likeness (QED) is 0.732. The van der Waals surface area contributed by atoms with Gasteiger partial charge in [0.15, 0.2) is 0 Å². The molecule has 0 radical (unpaired) electrons. The van der Waals surface area contributed by atoms with Crippen molar-refractivity contribution in [3.05, 3.63) is 71.3 Å². The summed E-state index contributed by atoms with van der Waals surface area (Å²) in [6, 6.07) is 17.1. The molecule has 1 unspecified atom stereocenters. The highest BCUT2D eigenvalue weighted by Crippen LogP contribution is 2.22. The van der Waals surface area contributed by atoms with E-state index in [-0.39, 0.29) is 30.3 Å². The van der Waals surface area contributed by atoms with Crippen molar-refractivity contribution in [1.29, 1.82) is 0 Å². The van der Waals surface area contributed by atoms with Crippen molar-refractivity contribution in [2.45, 2.75) is 38.6 Å². The minimum absolute atomic E-state index is 0.0489. The molecule has 2 aromatic carbocycles. The van der Waals surface area contributed by atoms with Gasteiger partial charge in [-0.15, -0.1) is 0 Å². The number of amides is 3. The minimum atomic E-state index is -0.271. The van der Waals surface area contributed by atoms with Gasteiger partial charge in [0.1, 0.15) is 0 Å². The first-order chi connectivity index (χ1) is 13.1. The van der Waals surface area contributed by atoms with E-state index in [2.05, 4.69) is 17.4 Å². The number of nitrogens with one attached hydrogen (secondary N) is 1. The van der Waals surface area contributed by atoms with Gasteiger partial charge in [-0.25, -0.2) is 0 Å². The normalized spacial score (nSPS) is 14.2. The second-order valence-corrected chi connectivity index (χ2v) is 6.90. The van der Waals surface area contributed by atoms with Crippen molar-refractivity contribution >= 4 is 17.7 Å². The Hall–Kier alpha value is -2.95. The summed E-state index contributed by atoms with van der Waals surface area (Å²) >= 11 is 0. The van der Waals surface area contributed by atoms with Crippen LogP contribution in [0.4, 0.5) is 0 Å². The monoisotopic (exact) mass is 364 g/mol. The minimum Gasteiger partial charge on any atom is -0.354 e. The zero-order chi connectivity index (χ0) is 19.2. The van der Waals surface area contributed by atoms with Crippen LogP contribution in [-0.4, -0.2) is 35.2 Å². The van der Waals surface area contributed by atoms with Crippen molar-refractivity contribution < 1.29 is 14.4 Å². The first kappa shape index (κ1) is 18.8. The molecule has 140 valence electrons. The van der Waals surface area contributed by atoms with Gasteiger partial charge in [0, 0.05) is 19.0 Å². The first-order valence-electron chi connectivity index (χ1n) is 9.35. The lowest BCUT2D eigenvalue weighted by atomic mass is 10.1. The summed E-state index contributed by atoms with van der Waals surface area (Å²) in [5.41, 5.74) is 2.15. The van der Waals surface area contributed by atoms with E-state index in [0.717, 1.165) is 12.8 Å². The van der Waals surface area contributed by atoms with Crippen LogP contribution >= 0.6 is 0 Å². The highest BCUT2D eigenvalue weighted by atomic mass is 16.2. The van der Waals surface area contributed by atoms with Crippen LogP contribution in [0.3, 0.4) is 0 Å². The number of carbonyl (C=O) groups is 3. The lowest BCUT2D eigenvalue weighted by molar-refractivity contribution is -0.121. The summed E-state index contributed by atoms with van der Waals surface area (Å²) in [7, 11) is 0. The third kappa shape index (κ3) is 4.61. The molecular weight excluding hydrogens is 340 g/mol. The van der Waals surface area contributed by atoms with Crippen LogP contribution in [0.25, 0.3) is 0 Å². The highest BCUT2D eigenvalue weighted by Gasteiger charge is 2.34. The standard InChI is InChI=1S/C22H24N2O3/c1-16(13-14-17-8-3-2-4-9-17)23-20(25)12-7-15-24-21(26)18-10-5-6-11-19(18)22(24)27/h2-6,8-11,16H,7,12-15H2,1H3,(H,23,25). The number of imide groups is 1.